The molecule has 0 bridgehead atoms. The largest absolute Gasteiger partial charge is 0.494 e. The number of nitrogens with zero attached hydrogens (tertiary/aromatic N) is 2. The molecule has 1 N–H and O–H groups in total. The maximum Gasteiger partial charge on any atom is 0.219 e. The fourth-order valence-corrected chi connectivity index (χ4v) is 3.63. The number of nitrogens with one attached hydrogen (secondary N) is 1. The van der Waals surface area contributed by atoms with Crippen molar-refractivity contribution in [2.75, 3.05) is 31.6 Å². The van der Waals surface area contributed by atoms with Crippen LogP contribution in [0.15, 0.2) is 24.3 Å². The first-order chi connectivity index (χ1) is 12.5. The molecule has 0 aromatic heterocycles. The summed E-state index contributed by atoms with van der Waals surface area (Å²) in [5.41, 5.74) is 0.973. The molecule has 1 aromatic rings. The Labute approximate surface area is 162 Å². The van der Waals surface area contributed by atoms with Crippen molar-refractivity contribution in [3.63, 3.8) is 0 Å². The van der Waals surface area contributed by atoms with Gasteiger partial charge in [0.05, 0.1) is 6.61 Å². The zero-order valence-electron chi connectivity index (χ0n) is 16.2. The summed E-state index contributed by atoms with van der Waals surface area (Å²) >= 11 is 5.72. The van der Waals surface area contributed by atoms with Crippen molar-refractivity contribution in [1.82, 2.24) is 9.80 Å². The zero-order valence-corrected chi connectivity index (χ0v) is 17.0. The van der Waals surface area contributed by atoms with E-state index in [9.17, 15) is 4.79 Å². The molecule has 26 heavy (non-hydrogen) atoms. The molecule has 6 heteroatoms. The van der Waals surface area contributed by atoms with Gasteiger partial charge in [0, 0.05) is 38.3 Å². The number of amides is 1. The Balaban J connectivity index is 1.98. The lowest BCUT2D eigenvalue weighted by Gasteiger charge is -2.39. The van der Waals surface area contributed by atoms with Crippen LogP contribution in [0, 0.1) is 0 Å². The third-order valence-corrected chi connectivity index (χ3v) is 5.12. The van der Waals surface area contributed by atoms with Crippen LogP contribution in [-0.2, 0) is 4.79 Å². The molecular weight excluding hydrogens is 346 g/mol. The highest BCUT2D eigenvalue weighted by atomic mass is 32.1. The Kier molecular flexibility index (Phi) is 8.16. The van der Waals surface area contributed by atoms with Crippen LogP contribution in [0.4, 0.5) is 5.69 Å². The van der Waals surface area contributed by atoms with Crippen LogP contribution < -0.4 is 10.1 Å². The molecule has 2 rings (SSSR count). The maximum atomic E-state index is 11.6. The van der Waals surface area contributed by atoms with E-state index in [1.54, 1.807) is 6.92 Å². The summed E-state index contributed by atoms with van der Waals surface area (Å²) in [5, 5.41) is 4.14. The highest BCUT2D eigenvalue weighted by Crippen LogP contribution is 2.20. The maximum absolute atomic E-state index is 11.6. The second kappa shape index (κ2) is 10.4. The number of carbonyl (C=O) groups is 1. The molecule has 0 aliphatic carbocycles. The minimum absolute atomic E-state index is 0.165. The van der Waals surface area contributed by atoms with Crippen molar-refractivity contribution in [3.05, 3.63) is 24.3 Å². The summed E-state index contributed by atoms with van der Waals surface area (Å²) in [5.74, 6) is 1.03. The third-order valence-electron chi connectivity index (χ3n) is 4.78. The number of unbranched alkanes of at least 4 members (excludes halogenated alkanes) is 1. The van der Waals surface area contributed by atoms with Crippen molar-refractivity contribution in [3.8, 4) is 5.75 Å². The molecule has 1 aliphatic rings. The first-order valence-electron chi connectivity index (χ1n) is 9.61. The number of carbonyl (C=O) groups excluding carboxylic acids is 1. The molecule has 0 unspecified atom stereocenters. The Morgan fingerprint density at radius 2 is 1.92 bits per heavy atom. The normalized spacial score (nSPS) is 14.8. The van der Waals surface area contributed by atoms with E-state index >= 15 is 0 Å². The van der Waals surface area contributed by atoms with Gasteiger partial charge in [-0.2, -0.15) is 0 Å². The first-order valence-corrected chi connectivity index (χ1v) is 10.0. The molecule has 0 spiro atoms. The van der Waals surface area contributed by atoms with Gasteiger partial charge in [-0.3, -0.25) is 4.79 Å². The van der Waals surface area contributed by atoms with Crippen LogP contribution in [-0.4, -0.2) is 53.1 Å². The van der Waals surface area contributed by atoms with E-state index in [0.717, 1.165) is 61.9 Å². The highest BCUT2D eigenvalue weighted by molar-refractivity contribution is 7.80. The monoisotopic (exact) mass is 377 g/mol. The Morgan fingerprint density at radius 3 is 2.46 bits per heavy atom. The standard InChI is InChI=1S/C20H31N3O2S/c1-4-6-13-23(18-11-14-22(15-12-18)16(3)24)20(26)21-17-7-9-19(10-8-17)25-5-2/h7-10,18H,4-6,11-15H2,1-3H3,(H,21,26). The molecule has 0 radical (unpaired) electrons. The van der Waals surface area contributed by atoms with E-state index in [4.69, 9.17) is 17.0 Å². The number of anilines is 1. The Morgan fingerprint density at radius 1 is 1.27 bits per heavy atom. The van der Waals surface area contributed by atoms with Gasteiger partial charge in [0.15, 0.2) is 5.11 Å². The smallest absolute Gasteiger partial charge is 0.219 e. The molecular formula is C20H31N3O2S. The molecule has 1 saturated heterocycles. The molecule has 1 heterocycles. The summed E-state index contributed by atoms with van der Waals surface area (Å²) in [6.45, 7) is 9.05. The van der Waals surface area contributed by atoms with Crippen molar-refractivity contribution < 1.29 is 9.53 Å². The van der Waals surface area contributed by atoms with Gasteiger partial charge in [0.25, 0.3) is 0 Å². The van der Waals surface area contributed by atoms with Crippen LogP contribution >= 0.6 is 12.2 Å². The number of ether oxygens (including phenoxy) is 1. The number of hydrogen-bond acceptors (Lipinski definition) is 3. The second-order valence-corrected chi connectivity index (χ2v) is 7.06. The van der Waals surface area contributed by atoms with Crippen LogP contribution in [0.1, 0.15) is 46.5 Å². The number of benzene rings is 1. The molecule has 144 valence electrons. The van der Waals surface area contributed by atoms with E-state index in [0.29, 0.717) is 12.6 Å². The molecule has 1 fully saturated rings. The summed E-state index contributed by atoms with van der Waals surface area (Å²) in [6, 6.07) is 8.29. The van der Waals surface area contributed by atoms with Crippen molar-refractivity contribution in [1.29, 1.82) is 0 Å². The van der Waals surface area contributed by atoms with E-state index in [-0.39, 0.29) is 5.91 Å². The van der Waals surface area contributed by atoms with Gasteiger partial charge in [-0.15, -0.1) is 0 Å². The second-order valence-electron chi connectivity index (χ2n) is 6.67. The fourth-order valence-electron chi connectivity index (χ4n) is 3.27. The Hall–Kier alpha value is -1.82. The van der Waals surface area contributed by atoms with Gasteiger partial charge in [-0.1, -0.05) is 13.3 Å². The number of hydrogen-bond donors (Lipinski definition) is 1. The first kappa shape index (κ1) is 20.5. The molecule has 0 atom stereocenters. The van der Waals surface area contributed by atoms with Crippen LogP contribution in [0.5, 0.6) is 5.75 Å². The van der Waals surface area contributed by atoms with Crippen molar-refractivity contribution in [2.24, 2.45) is 0 Å². The predicted molar refractivity (Wildman–Crippen MR) is 111 cm³/mol. The van der Waals surface area contributed by atoms with Gasteiger partial charge < -0.3 is 19.9 Å². The molecule has 0 saturated carbocycles. The van der Waals surface area contributed by atoms with E-state index in [1.165, 1.54) is 0 Å². The SMILES string of the molecule is CCCCN(C(=S)Nc1ccc(OCC)cc1)C1CCN(C(C)=O)CC1. The predicted octanol–water partition coefficient (Wildman–Crippen LogP) is 3.90. The van der Waals surface area contributed by atoms with Crippen molar-refractivity contribution in [2.45, 2.75) is 52.5 Å². The van der Waals surface area contributed by atoms with Gasteiger partial charge in [0.2, 0.25) is 5.91 Å². The summed E-state index contributed by atoms with van der Waals surface area (Å²) in [6.07, 6.45) is 4.18. The van der Waals surface area contributed by atoms with Crippen LogP contribution in [0.3, 0.4) is 0 Å². The van der Waals surface area contributed by atoms with Crippen molar-refractivity contribution >= 4 is 28.9 Å². The van der Waals surface area contributed by atoms with Gasteiger partial charge in [-0.25, -0.2) is 0 Å². The number of thiocarbonyl (C=S) groups is 1. The highest BCUT2D eigenvalue weighted by Gasteiger charge is 2.26. The summed E-state index contributed by atoms with van der Waals surface area (Å²) in [4.78, 5) is 15.8. The summed E-state index contributed by atoms with van der Waals surface area (Å²) in [7, 11) is 0. The van der Waals surface area contributed by atoms with E-state index < -0.39 is 0 Å². The molecule has 5 nitrogen and oxygen atoms in total. The zero-order chi connectivity index (χ0) is 18.9. The number of piperidine rings is 1. The van der Waals surface area contributed by atoms with Crippen LogP contribution in [0.2, 0.25) is 0 Å². The van der Waals surface area contributed by atoms with Gasteiger partial charge in [0.1, 0.15) is 5.75 Å². The average molecular weight is 378 g/mol. The lowest BCUT2D eigenvalue weighted by molar-refractivity contribution is -0.130. The van der Waals surface area contributed by atoms with Gasteiger partial charge in [-0.05, 0) is 62.7 Å². The number of rotatable bonds is 7. The minimum Gasteiger partial charge on any atom is -0.494 e. The topological polar surface area (TPSA) is 44.8 Å². The van der Waals surface area contributed by atoms with Crippen LogP contribution in [0.25, 0.3) is 0 Å². The minimum atomic E-state index is 0.165. The Bertz CT molecular complexity index is 583. The van der Waals surface area contributed by atoms with E-state index in [2.05, 4.69) is 17.1 Å². The molecule has 1 amide bonds. The van der Waals surface area contributed by atoms with E-state index in [1.807, 2.05) is 36.1 Å². The average Bonchev–Trinajstić information content (AvgIpc) is 2.64. The fraction of sp³-hybridized carbons (Fsp3) is 0.600. The molecule has 1 aliphatic heterocycles. The molecule has 1 aromatic carbocycles. The number of likely N-dealkylation sites (tertiary alicyclic amines) is 1. The third kappa shape index (κ3) is 5.87. The lowest BCUT2D eigenvalue weighted by Crippen LogP contribution is -2.49. The lowest BCUT2D eigenvalue weighted by atomic mass is 10.0. The van der Waals surface area contributed by atoms with Gasteiger partial charge >= 0.3 is 0 Å². The quantitative estimate of drug-likeness (QED) is 0.730. The summed E-state index contributed by atoms with van der Waals surface area (Å²) < 4.78 is 5.49.